The van der Waals surface area contributed by atoms with E-state index in [2.05, 4.69) is 13.0 Å². The first-order valence-corrected chi connectivity index (χ1v) is 3.87. The summed E-state index contributed by atoms with van der Waals surface area (Å²) in [4.78, 5) is 0. The number of hydrogen-bond acceptors (Lipinski definition) is 1. The molecule has 0 bridgehead atoms. The van der Waals surface area contributed by atoms with Gasteiger partial charge in [-0.05, 0) is 38.0 Å². The van der Waals surface area contributed by atoms with Gasteiger partial charge in [-0.15, -0.1) is 0 Å². The lowest BCUT2D eigenvalue weighted by molar-refractivity contribution is 0.340. The minimum atomic E-state index is 0.723. The van der Waals surface area contributed by atoms with Crippen molar-refractivity contribution in [1.82, 2.24) is 0 Å². The second-order valence-corrected chi connectivity index (χ2v) is 2.33. The topological polar surface area (TPSA) is 9.23 Å². The molecule has 0 N–H and O–H groups in total. The van der Waals surface area contributed by atoms with Crippen LogP contribution < -0.4 is 4.74 Å². The number of hydrogen-bond donors (Lipinski definition) is 0. The SMILES string of the molecule is [CH2]Cc1cccc(OCC)c1. The highest BCUT2D eigenvalue weighted by molar-refractivity contribution is 5.28. The second-order valence-electron chi connectivity index (χ2n) is 2.33. The molecule has 1 rings (SSSR count). The van der Waals surface area contributed by atoms with Gasteiger partial charge in [0.1, 0.15) is 5.75 Å². The van der Waals surface area contributed by atoms with Gasteiger partial charge in [-0.1, -0.05) is 12.1 Å². The van der Waals surface area contributed by atoms with Crippen molar-refractivity contribution in [2.45, 2.75) is 13.3 Å². The van der Waals surface area contributed by atoms with E-state index in [1.807, 2.05) is 25.1 Å². The van der Waals surface area contributed by atoms with Gasteiger partial charge in [0, 0.05) is 0 Å². The van der Waals surface area contributed by atoms with E-state index in [9.17, 15) is 0 Å². The first-order valence-electron chi connectivity index (χ1n) is 3.87. The lowest BCUT2D eigenvalue weighted by Crippen LogP contribution is -1.91. The molecule has 0 atom stereocenters. The van der Waals surface area contributed by atoms with Gasteiger partial charge in [0.2, 0.25) is 0 Å². The van der Waals surface area contributed by atoms with Crippen LogP contribution in [0.1, 0.15) is 12.5 Å². The molecule has 1 aromatic rings. The van der Waals surface area contributed by atoms with E-state index >= 15 is 0 Å². The quantitative estimate of drug-likeness (QED) is 0.641. The Morgan fingerprint density at radius 2 is 2.27 bits per heavy atom. The van der Waals surface area contributed by atoms with Gasteiger partial charge in [-0.3, -0.25) is 0 Å². The number of rotatable bonds is 3. The Morgan fingerprint density at radius 3 is 2.91 bits per heavy atom. The highest BCUT2D eigenvalue weighted by Crippen LogP contribution is 2.12. The van der Waals surface area contributed by atoms with Crippen LogP contribution in [-0.2, 0) is 6.42 Å². The Morgan fingerprint density at radius 1 is 1.45 bits per heavy atom. The maximum Gasteiger partial charge on any atom is 0.119 e. The van der Waals surface area contributed by atoms with Crippen molar-refractivity contribution in [3.63, 3.8) is 0 Å². The Bertz CT molecular complexity index is 218. The molecule has 0 aliphatic carbocycles. The van der Waals surface area contributed by atoms with Crippen molar-refractivity contribution < 1.29 is 4.74 Å². The van der Waals surface area contributed by atoms with Gasteiger partial charge in [0.15, 0.2) is 0 Å². The van der Waals surface area contributed by atoms with Crippen LogP contribution in [0, 0.1) is 6.92 Å². The second kappa shape index (κ2) is 4.02. The van der Waals surface area contributed by atoms with E-state index < -0.39 is 0 Å². The molecular weight excluding hydrogens is 136 g/mol. The standard InChI is InChI=1S/C10H13O/c1-3-9-6-5-7-10(8-9)11-4-2/h5-8H,1,3-4H2,2H3. The van der Waals surface area contributed by atoms with Gasteiger partial charge < -0.3 is 4.74 Å². The molecule has 0 aliphatic heterocycles. The summed E-state index contributed by atoms with van der Waals surface area (Å²) in [6, 6.07) is 8.03. The largest absolute Gasteiger partial charge is 0.494 e. The molecule has 0 amide bonds. The zero-order chi connectivity index (χ0) is 8.10. The first-order chi connectivity index (χ1) is 5.36. The summed E-state index contributed by atoms with van der Waals surface area (Å²) in [5.74, 6) is 0.939. The third-order valence-electron chi connectivity index (χ3n) is 1.50. The fourth-order valence-electron chi connectivity index (χ4n) is 0.957. The molecule has 11 heavy (non-hydrogen) atoms. The predicted molar refractivity (Wildman–Crippen MR) is 46.7 cm³/mol. The third kappa shape index (κ3) is 2.26. The summed E-state index contributed by atoms with van der Waals surface area (Å²) < 4.78 is 5.32. The normalized spacial score (nSPS) is 9.64. The van der Waals surface area contributed by atoms with E-state index in [1.165, 1.54) is 5.56 Å². The van der Waals surface area contributed by atoms with Crippen LogP contribution in [-0.4, -0.2) is 6.61 Å². The fraction of sp³-hybridized carbons (Fsp3) is 0.300. The molecule has 1 radical (unpaired) electrons. The summed E-state index contributed by atoms with van der Waals surface area (Å²) in [6.45, 7) is 6.51. The minimum Gasteiger partial charge on any atom is -0.494 e. The van der Waals surface area contributed by atoms with E-state index in [0.717, 1.165) is 18.8 Å². The average molecular weight is 149 g/mol. The van der Waals surface area contributed by atoms with Crippen LogP contribution in [0.5, 0.6) is 5.75 Å². The summed E-state index contributed by atoms with van der Waals surface area (Å²) in [5.41, 5.74) is 1.22. The molecule has 1 heteroatoms. The zero-order valence-electron chi connectivity index (χ0n) is 6.84. The molecule has 0 spiro atoms. The van der Waals surface area contributed by atoms with Gasteiger partial charge >= 0.3 is 0 Å². The van der Waals surface area contributed by atoms with E-state index in [1.54, 1.807) is 0 Å². The van der Waals surface area contributed by atoms with Crippen molar-refractivity contribution in [3.8, 4) is 5.75 Å². The average Bonchev–Trinajstić information content (AvgIpc) is 2.06. The van der Waals surface area contributed by atoms with E-state index in [0.29, 0.717) is 0 Å². The van der Waals surface area contributed by atoms with E-state index in [-0.39, 0.29) is 0 Å². The molecule has 59 valence electrons. The maximum absolute atomic E-state index is 5.32. The van der Waals surface area contributed by atoms with Gasteiger partial charge in [-0.2, -0.15) is 0 Å². The van der Waals surface area contributed by atoms with Crippen molar-refractivity contribution in [2.24, 2.45) is 0 Å². The first kappa shape index (κ1) is 8.12. The molecule has 0 fully saturated rings. The zero-order valence-corrected chi connectivity index (χ0v) is 6.84. The van der Waals surface area contributed by atoms with Gasteiger partial charge in [0.25, 0.3) is 0 Å². The lowest BCUT2D eigenvalue weighted by atomic mass is 10.2. The summed E-state index contributed by atoms with van der Waals surface area (Å²) in [7, 11) is 0. The van der Waals surface area contributed by atoms with E-state index in [4.69, 9.17) is 4.74 Å². The molecule has 0 saturated heterocycles. The fourth-order valence-corrected chi connectivity index (χ4v) is 0.957. The summed E-state index contributed by atoms with van der Waals surface area (Å²) in [6.07, 6.45) is 0.820. The maximum atomic E-state index is 5.32. The third-order valence-corrected chi connectivity index (χ3v) is 1.50. The van der Waals surface area contributed by atoms with Crippen molar-refractivity contribution in [2.75, 3.05) is 6.61 Å². The monoisotopic (exact) mass is 149 g/mol. The predicted octanol–water partition coefficient (Wildman–Crippen LogP) is 2.46. The molecule has 1 aromatic carbocycles. The highest BCUT2D eigenvalue weighted by atomic mass is 16.5. The molecule has 0 unspecified atom stereocenters. The minimum absolute atomic E-state index is 0.723. The van der Waals surface area contributed by atoms with Crippen LogP contribution in [0.25, 0.3) is 0 Å². The molecule has 1 nitrogen and oxygen atoms in total. The van der Waals surface area contributed by atoms with Crippen LogP contribution in [0.2, 0.25) is 0 Å². The molecule has 0 aromatic heterocycles. The molecule has 0 saturated carbocycles. The Kier molecular flexibility index (Phi) is 2.96. The van der Waals surface area contributed by atoms with Crippen LogP contribution in [0.15, 0.2) is 24.3 Å². The highest BCUT2D eigenvalue weighted by Gasteiger charge is 1.92. The van der Waals surface area contributed by atoms with Crippen LogP contribution >= 0.6 is 0 Å². The Balaban J connectivity index is 2.74. The van der Waals surface area contributed by atoms with Crippen LogP contribution in [0.4, 0.5) is 0 Å². The van der Waals surface area contributed by atoms with Gasteiger partial charge in [-0.25, -0.2) is 0 Å². The molecule has 0 heterocycles. The molecule has 0 aliphatic rings. The summed E-state index contributed by atoms with van der Waals surface area (Å²) in [5, 5.41) is 0. The number of ether oxygens (including phenoxy) is 1. The smallest absolute Gasteiger partial charge is 0.119 e. The van der Waals surface area contributed by atoms with Crippen molar-refractivity contribution in [3.05, 3.63) is 36.8 Å². The lowest BCUT2D eigenvalue weighted by Gasteiger charge is -2.03. The van der Waals surface area contributed by atoms with Gasteiger partial charge in [0.05, 0.1) is 6.61 Å². The Labute approximate surface area is 68.0 Å². The Hall–Kier alpha value is -0.980. The summed E-state index contributed by atoms with van der Waals surface area (Å²) >= 11 is 0. The van der Waals surface area contributed by atoms with Crippen LogP contribution in [0.3, 0.4) is 0 Å². The molecular formula is C10H13O. The van der Waals surface area contributed by atoms with Crippen molar-refractivity contribution >= 4 is 0 Å². The number of benzene rings is 1. The van der Waals surface area contributed by atoms with Crippen molar-refractivity contribution in [1.29, 1.82) is 0 Å².